The lowest BCUT2D eigenvalue weighted by atomic mass is 9.82. The smallest absolute Gasteiger partial charge is 0.0856 e. The maximum Gasteiger partial charge on any atom is 0.0856 e. The van der Waals surface area contributed by atoms with Crippen molar-refractivity contribution in [3.8, 4) is 0 Å². The quantitative estimate of drug-likeness (QED) is 0.772. The van der Waals surface area contributed by atoms with E-state index in [-0.39, 0.29) is 12.2 Å². The molecule has 2 nitrogen and oxygen atoms in total. The van der Waals surface area contributed by atoms with Gasteiger partial charge < -0.3 is 9.84 Å². The molecule has 0 heterocycles. The van der Waals surface area contributed by atoms with Crippen molar-refractivity contribution in [2.75, 3.05) is 6.61 Å². The normalized spacial score (nSPS) is 35.5. The summed E-state index contributed by atoms with van der Waals surface area (Å²) in [5.41, 5.74) is 0. The van der Waals surface area contributed by atoms with Crippen LogP contribution in [-0.2, 0) is 4.74 Å². The zero-order valence-corrected chi connectivity index (χ0v) is 11.6. The van der Waals surface area contributed by atoms with E-state index in [0.717, 1.165) is 24.2 Å². The molecule has 0 aromatic heterocycles. The second kappa shape index (κ2) is 5.71. The van der Waals surface area contributed by atoms with Crippen molar-refractivity contribution in [3.63, 3.8) is 0 Å². The van der Waals surface area contributed by atoms with Crippen LogP contribution in [0.1, 0.15) is 52.9 Å². The van der Waals surface area contributed by atoms with Crippen LogP contribution in [-0.4, -0.2) is 23.9 Å². The number of aliphatic hydroxyl groups is 1. The van der Waals surface area contributed by atoms with Gasteiger partial charge in [0.25, 0.3) is 0 Å². The third kappa shape index (κ3) is 3.03. The minimum absolute atomic E-state index is 0.0270. The van der Waals surface area contributed by atoms with Crippen LogP contribution in [0.15, 0.2) is 0 Å². The van der Waals surface area contributed by atoms with E-state index in [1.54, 1.807) is 0 Å². The monoisotopic (exact) mass is 240 g/mol. The molecule has 2 aliphatic carbocycles. The van der Waals surface area contributed by atoms with Gasteiger partial charge in [0, 0.05) is 6.61 Å². The first-order chi connectivity index (χ1) is 8.11. The molecule has 1 N–H and O–H groups in total. The van der Waals surface area contributed by atoms with Crippen molar-refractivity contribution in [1.29, 1.82) is 0 Å². The Hall–Kier alpha value is -0.0800. The van der Waals surface area contributed by atoms with Crippen molar-refractivity contribution in [2.45, 2.75) is 65.1 Å². The minimum Gasteiger partial charge on any atom is -0.390 e. The maximum atomic E-state index is 10.4. The molecule has 0 amide bonds. The van der Waals surface area contributed by atoms with Gasteiger partial charge in [0.05, 0.1) is 12.2 Å². The number of aliphatic hydroxyl groups excluding tert-OH is 1. The molecule has 0 aromatic rings. The van der Waals surface area contributed by atoms with E-state index in [2.05, 4.69) is 13.8 Å². The van der Waals surface area contributed by atoms with Crippen molar-refractivity contribution < 1.29 is 9.84 Å². The zero-order valence-electron chi connectivity index (χ0n) is 11.6. The Bertz CT molecular complexity index is 239. The highest BCUT2D eigenvalue weighted by Gasteiger charge is 2.41. The molecule has 0 aromatic carbocycles. The molecule has 0 aliphatic heterocycles. The topological polar surface area (TPSA) is 29.5 Å². The number of fused-ring (bicyclic) bond motifs is 2. The van der Waals surface area contributed by atoms with Crippen LogP contribution in [0.3, 0.4) is 0 Å². The van der Waals surface area contributed by atoms with Crippen molar-refractivity contribution >= 4 is 0 Å². The van der Waals surface area contributed by atoms with Gasteiger partial charge in [0.2, 0.25) is 0 Å². The predicted octanol–water partition coefficient (Wildman–Crippen LogP) is 3.23. The van der Waals surface area contributed by atoms with E-state index in [1.807, 2.05) is 6.92 Å². The Kier molecular flexibility index (Phi) is 4.48. The second-order valence-electron chi connectivity index (χ2n) is 6.40. The van der Waals surface area contributed by atoms with E-state index < -0.39 is 0 Å². The van der Waals surface area contributed by atoms with Crippen LogP contribution in [0, 0.1) is 23.7 Å². The van der Waals surface area contributed by atoms with Crippen LogP contribution in [0.25, 0.3) is 0 Å². The van der Waals surface area contributed by atoms with E-state index in [1.165, 1.54) is 25.7 Å². The summed E-state index contributed by atoms with van der Waals surface area (Å²) in [4.78, 5) is 0. The Balaban J connectivity index is 1.84. The van der Waals surface area contributed by atoms with Gasteiger partial charge in [-0.25, -0.2) is 0 Å². The number of hydrogen-bond acceptors (Lipinski definition) is 2. The average Bonchev–Trinajstić information content (AvgIpc) is 2.86. The van der Waals surface area contributed by atoms with E-state index in [9.17, 15) is 5.11 Å². The summed E-state index contributed by atoms with van der Waals surface area (Å²) in [6.07, 6.45) is 6.36. The van der Waals surface area contributed by atoms with E-state index >= 15 is 0 Å². The molecule has 5 atom stereocenters. The molecule has 100 valence electrons. The fraction of sp³-hybridized carbons (Fsp3) is 1.00. The molecular weight excluding hydrogens is 212 g/mol. The molecule has 17 heavy (non-hydrogen) atoms. The van der Waals surface area contributed by atoms with Gasteiger partial charge in [-0.15, -0.1) is 0 Å². The minimum atomic E-state index is -0.265. The van der Waals surface area contributed by atoms with Crippen LogP contribution in [0.2, 0.25) is 0 Å². The Morgan fingerprint density at radius 3 is 2.47 bits per heavy atom. The highest BCUT2D eigenvalue weighted by molar-refractivity contribution is 4.91. The summed E-state index contributed by atoms with van der Waals surface area (Å²) in [7, 11) is 0. The highest BCUT2D eigenvalue weighted by Crippen LogP contribution is 2.50. The first kappa shape index (κ1) is 13.4. The standard InChI is InChI=1S/C15H28O2/c1-4-17-15(10(2)3)14(16)9-13-8-11-5-6-12(13)7-11/h10-16H,4-9H2,1-3H3. The van der Waals surface area contributed by atoms with Crippen molar-refractivity contribution in [1.82, 2.24) is 0 Å². The lowest BCUT2D eigenvalue weighted by Crippen LogP contribution is -2.36. The Morgan fingerprint density at radius 1 is 1.24 bits per heavy atom. The first-order valence-electron chi connectivity index (χ1n) is 7.41. The lowest BCUT2D eigenvalue weighted by molar-refractivity contribution is -0.0674. The molecule has 2 aliphatic rings. The summed E-state index contributed by atoms with van der Waals surface area (Å²) in [5.74, 6) is 3.06. The van der Waals surface area contributed by atoms with Crippen LogP contribution >= 0.6 is 0 Å². The molecule has 0 spiro atoms. The Morgan fingerprint density at radius 2 is 2.00 bits per heavy atom. The maximum absolute atomic E-state index is 10.4. The highest BCUT2D eigenvalue weighted by atomic mass is 16.5. The van der Waals surface area contributed by atoms with Crippen LogP contribution in [0.4, 0.5) is 0 Å². The first-order valence-corrected chi connectivity index (χ1v) is 7.41. The van der Waals surface area contributed by atoms with Gasteiger partial charge >= 0.3 is 0 Å². The van der Waals surface area contributed by atoms with Gasteiger partial charge in [-0.2, -0.15) is 0 Å². The lowest BCUT2D eigenvalue weighted by Gasteiger charge is -2.30. The third-order valence-electron chi connectivity index (χ3n) is 4.82. The SMILES string of the molecule is CCOC(C(C)C)C(O)CC1CC2CCC1C2. The molecule has 2 fully saturated rings. The number of rotatable bonds is 6. The molecule has 2 bridgehead atoms. The Labute approximate surface area is 106 Å². The molecule has 2 saturated carbocycles. The number of ether oxygens (including phenoxy) is 1. The molecule has 0 saturated heterocycles. The average molecular weight is 240 g/mol. The van der Waals surface area contributed by atoms with Crippen LogP contribution in [0.5, 0.6) is 0 Å². The fourth-order valence-corrected chi connectivity index (χ4v) is 4.05. The van der Waals surface area contributed by atoms with Crippen LogP contribution < -0.4 is 0 Å². The van der Waals surface area contributed by atoms with Gasteiger partial charge in [-0.05, 0) is 56.3 Å². The molecule has 2 heteroatoms. The predicted molar refractivity (Wildman–Crippen MR) is 69.8 cm³/mol. The molecule has 5 unspecified atom stereocenters. The van der Waals surface area contributed by atoms with E-state index in [4.69, 9.17) is 4.74 Å². The largest absolute Gasteiger partial charge is 0.390 e. The second-order valence-corrected chi connectivity index (χ2v) is 6.40. The summed E-state index contributed by atoms with van der Waals surface area (Å²) in [5, 5.41) is 10.4. The van der Waals surface area contributed by atoms with Crippen molar-refractivity contribution in [2.24, 2.45) is 23.7 Å². The summed E-state index contributed by atoms with van der Waals surface area (Å²) < 4.78 is 5.71. The summed E-state index contributed by atoms with van der Waals surface area (Å²) in [6.45, 7) is 7.00. The summed E-state index contributed by atoms with van der Waals surface area (Å²) in [6, 6.07) is 0. The number of hydrogen-bond donors (Lipinski definition) is 1. The zero-order chi connectivity index (χ0) is 12.4. The van der Waals surface area contributed by atoms with E-state index in [0.29, 0.717) is 12.5 Å². The summed E-state index contributed by atoms with van der Waals surface area (Å²) >= 11 is 0. The fourth-order valence-electron chi connectivity index (χ4n) is 4.05. The van der Waals surface area contributed by atoms with Crippen molar-refractivity contribution in [3.05, 3.63) is 0 Å². The van der Waals surface area contributed by atoms with Gasteiger partial charge in [-0.3, -0.25) is 0 Å². The van der Waals surface area contributed by atoms with Gasteiger partial charge in [0.1, 0.15) is 0 Å². The van der Waals surface area contributed by atoms with Gasteiger partial charge in [-0.1, -0.05) is 20.3 Å². The molecular formula is C15H28O2. The van der Waals surface area contributed by atoms with Gasteiger partial charge in [0.15, 0.2) is 0 Å². The molecule has 2 rings (SSSR count). The molecule has 0 radical (unpaired) electrons. The third-order valence-corrected chi connectivity index (χ3v) is 4.82.